The molecule has 7 nitrogen and oxygen atoms in total. The molecule has 0 aromatic rings. The molecule has 0 bridgehead atoms. The number of carbonyl (C=O) groups is 2. The van der Waals surface area contributed by atoms with Crippen molar-refractivity contribution >= 4 is 45.7 Å². The SMILES string of the molecule is C=CC(=O)OCCC[Si](C)(O[Si](C)(C)C=C)O[Si](C)(CCCOC(=O)C=C)O[Si](C)(C)C=C. The van der Waals surface area contributed by atoms with E-state index in [0.717, 1.165) is 12.2 Å². The molecule has 0 aromatic heterocycles. The number of carbonyl (C=O) groups excluding carboxylic acids is 2. The molecule has 0 amide bonds. The van der Waals surface area contributed by atoms with Gasteiger partial charge >= 0.3 is 29.1 Å². The minimum absolute atomic E-state index is 0.264. The molecule has 0 aromatic carbocycles. The molecule has 0 N–H and O–H groups in total. The lowest BCUT2D eigenvalue weighted by Crippen LogP contribution is -2.58. The first-order valence-electron chi connectivity index (χ1n) is 11.1. The molecule has 0 rings (SSSR count). The Bertz CT molecular complexity index is 653. The lowest BCUT2D eigenvalue weighted by Gasteiger charge is -2.43. The van der Waals surface area contributed by atoms with Crippen molar-refractivity contribution in [2.45, 2.75) is 64.2 Å². The summed E-state index contributed by atoms with van der Waals surface area (Å²) in [5.74, 6) is -0.896. The highest BCUT2D eigenvalue weighted by Gasteiger charge is 2.47. The molecular formula is C22H42O7Si4. The van der Waals surface area contributed by atoms with Crippen LogP contribution in [0.1, 0.15) is 12.8 Å². The largest absolute Gasteiger partial charge is 0.463 e. The summed E-state index contributed by atoms with van der Waals surface area (Å²) >= 11 is 0. The number of ether oxygens (including phenoxy) is 2. The van der Waals surface area contributed by atoms with Crippen LogP contribution in [-0.4, -0.2) is 58.9 Å². The van der Waals surface area contributed by atoms with E-state index < -0.39 is 45.7 Å². The van der Waals surface area contributed by atoms with E-state index in [1.54, 1.807) is 0 Å². The fourth-order valence-corrected chi connectivity index (χ4v) is 20.7. The van der Waals surface area contributed by atoms with E-state index in [9.17, 15) is 9.59 Å². The van der Waals surface area contributed by atoms with Crippen LogP contribution in [0.4, 0.5) is 0 Å². The van der Waals surface area contributed by atoms with Crippen LogP contribution < -0.4 is 0 Å². The van der Waals surface area contributed by atoms with E-state index in [1.165, 1.54) is 0 Å². The second-order valence-corrected chi connectivity index (χ2v) is 24.4. The minimum atomic E-state index is -2.75. The molecule has 33 heavy (non-hydrogen) atoms. The fourth-order valence-electron chi connectivity index (χ4n) is 3.15. The summed E-state index contributed by atoms with van der Waals surface area (Å²) < 4.78 is 30.4. The lowest BCUT2D eigenvalue weighted by atomic mass is 10.5. The van der Waals surface area contributed by atoms with Crippen LogP contribution in [0.2, 0.25) is 51.4 Å². The monoisotopic (exact) mass is 530 g/mol. The molecule has 2 unspecified atom stereocenters. The standard InChI is InChI=1S/C22H42O7Si4/c1-11-21(23)25-17-15-19-32(9,27-30(5,6)13-3)29-33(10,28-31(7,8)14-4)20-16-18-26-22(24)12-2/h11-14H,1-4,15-20H2,5-10H3. The molecule has 0 aliphatic heterocycles. The highest BCUT2D eigenvalue weighted by Crippen LogP contribution is 2.31. The predicted molar refractivity (Wildman–Crippen MR) is 143 cm³/mol. The van der Waals surface area contributed by atoms with Gasteiger partial charge in [0.1, 0.15) is 0 Å². The van der Waals surface area contributed by atoms with Crippen LogP contribution in [0.15, 0.2) is 49.9 Å². The molecule has 0 heterocycles. The van der Waals surface area contributed by atoms with E-state index in [2.05, 4.69) is 52.5 Å². The van der Waals surface area contributed by atoms with Crippen LogP contribution >= 0.6 is 0 Å². The van der Waals surface area contributed by atoms with E-state index in [-0.39, 0.29) is 13.2 Å². The Kier molecular flexibility index (Phi) is 13.6. The van der Waals surface area contributed by atoms with Gasteiger partial charge in [-0.2, -0.15) is 0 Å². The van der Waals surface area contributed by atoms with Gasteiger partial charge in [0.05, 0.1) is 13.2 Å². The molecule has 188 valence electrons. The Hall–Kier alpha value is -1.35. The van der Waals surface area contributed by atoms with Crippen LogP contribution in [0.5, 0.6) is 0 Å². The van der Waals surface area contributed by atoms with Crippen LogP contribution in [0.3, 0.4) is 0 Å². The normalized spacial score (nSPS) is 15.5. The van der Waals surface area contributed by atoms with Gasteiger partial charge in [-0.15, -0.1) is 13.2 Å². The zero-order chi connectivity index (χ0) is 25.8. The highest BCUT2D eigenvalue weighted by molar-refractivity contribution is 6.92. The third-order valence-electron chi connectivity index (χ3n) is 4.75. The van der Waals surface area contributed by atoms with Gasteiger partial charge in [-0.3, -0.25) is 0 Å². The zero-order valence-corrected chi connectivity index (χ0v) is 25.2. The smallest absolute Gasteiger partial charge is 0.330 e. The van der Waals surface area contributed by atoms with E-state index in [4.69, 9.17) is 21.8 Å². The van der Waals surface area contributed by atoms with Gasteiger partial charge in [-0.25, -0.2) is 9.59 Å². The maximum Gasteiger partial charge on any atom is 0.330 e. The van der Waals surface area contributed by atoms with E-state index in [0.29, 0.717) is 24.9 Å². The summed E-state index contributed by atoms with van der Waals surface area (Å²) in [6, 6.07) is 1.27. The third kappa shape index (κ3) is 13.8. The van der Waals surface area contributed by atoms with E-state index in [1.807, 2.05) is 24.5 Å². The average molecular weight is 531 g/mol. The minimum Gasteiger partial charge on any atom is -0.463 e. The van der Waals surface area contributed by atoms with Crippen molar-refractivity contribution in [3.63, 3.8) is 0 Å². The van der Waals surface area contributed by atoms with Gasteiger partial charge in [0.25, 0.3) is 0 Å². The molecule has 2 atom stereocenters. The lowest BCUT2D eigenvalue weighted by molar-refractivity contribution is -0.138. The number of rotatable bonds is 18. The van der Waals surface area contributed by atoms with Crippen molar-refractivity contribution < 1.29 is 31.4 Å². The Morgan fingerprint density at radius 2 is 0.970 bits per heavy atom. The summed E-state index contributed by atoms with van der Waals surface area (Å²) in [5, 5.41) is 0. The molecule has 0 aliphatic carbocycles. The molecule has 0 radical (unpaired) electrons. The number of hydrogen-bond donors (Lipinski definition) is 0. The van der Waals surface area contributed by atoms with Crippen molar-refractivity contribution in [3.05, 3.63) is 49.9 Å². The van der Waals surface area contributed by atoms with Crippen molar-refractivity contribution in [1.29, 1.82) is 0 Å². The molecule has 11 heteroatoms. The second kappa shape index (κ2) is 14.1. The van der Waals surface area contributed by atoms with Crippen LogP contribution in [-0.2, 0) is 31.4 Å². The first kappa shape index (κ1) is 31.6. The Morgan fingerprint density at radius 3 is 1.24 bits per heavy atom. The Balaban J connectivity index is 5.65. The van der Waals surface area contributed by atoms with Crippen molar-refractivity contribution in [2.75, 3.05) is 13.2 Å². The van der Waals surface area contributed by atoms with Crippen molar-refractivity contribution in [2.24, 2.45) is 0 Å². The van der Waals surface area contributed by atoms with Crippen molar-refractivity contribution in [3.8, 4) is 0 Å². The molecule has 0 saturated carbocycles. The Morgan fingerprint density at radius 1 is 0.636 bits per heavy atom. The summed E-state index contributed by atoms with van der Waals surface area (Å²) in [6.45, 7) is 27.6. The first-order valence-corrected chi connectivity index (χ1v) is 22.1. The first-order chi connectivity index (χ1) is 15.2. The molecule has 0 fully saturated rings. The summed E-state index contributed by atoms with van der Waals surface area (Å²) in [4.78, 5) is 22.8. The summed E-state index contributed by atoms with van der Waals surface area (Å²) in [5.41, 5.74) is 3.77. The molecule has 0 saturated heterocycles. The average Bonchev–Trinajstić information content (AvgIpc) is 2.72. The molecular weight excluding hydrogens is 489 g/mol. The number of esters is 2. The molecule has 0 spiro atoms. The van der Waals surface area contributed by atoms with Gasteiger partial charge in [0, 0.05) is 12.2 Å². The van der Waals surface area contributed by atoms with Gasteiger partial charge in [-0.05, 0) is 64.2 Å². The zero-order valence-electron chi connectivity index (χ0n) is 21.2. The van der Waals surface area contributed by atoms with Crippen LogP contribution in [0, 0.1) is 0 Å². The third-order valence-corrected chi connectivity index (χ3v) is 20.4. The summed E-state index contributed by atoms with van der Waals surface area (Å²) in [6.07, 6.45) is 3.51. The maximum atomic E-state index is 11.4. The maximum absolute atomic E-state index is 11.4. The Labute approximate surface area is 204 Å². The quantitative estimate of drug-likeness (QED) is 0.103. The van der Waals surface area contributed by atoms with Gasteiger partial charge in [0.2, 0.25) is 0 Å². The fraction of sp³-hybridized carbons (Fsp3) is 0.545. The number of hydrogen-bond acceptors (Lipinski definition) is 7. The van der Waals surface area contributed by atoms with Gasteiger partial charge in [-0.1, -0.05) is 24.6 Å². The topological polar surface area (TPSA) is 80.3 Å². The van der Waals surface area contributed by atoms with Crippen molar-refractivity contribution in [1.82, 2.24) is 0 Å². The van der Waals surface area contributed by atoms with Gasteiger partial charge in [0.15, 0.2) is 16.6 Å². The van der Waals surface area contributed by atoms with Crippen LogP contribution in [0.25, 0.3) is 0 Å². The predicted octanol–water partition coefficient (Wildman–Crippen LogP) is 5.28. The van der Waals surface area contributed by atoms with E-state index >= 15 is 0 Å². The highest BCUT2D eigenvalue weighted by atomic mass is 28.5. The van der Waals surface area contributed by atoms with Gasteiger partial charge < -0.3 is 21.8 Å². The summed E-state index contributed by atoms with van der Waals surface area (Å²) in [7, 11) is -9.85. The second-order valence-electron chi connectivity index (χ2n) is 9.14. The molecule has 0 aliphatic rings.